The van der Waals surface area contributed by atoms with Crippen LogP contribution in [0.5, 0.6) is 0 Å². The number of fused-ring (bicyclic) bond motifs is 1. The lowest BCUT2D eigenvalue weighted by Crippen LogP contribution is -2.08. The van der Waals surface area contributed by atoms with E-state index in [0.717, 1.165) is 16.6 Å². The van der Waals surface area contributed by atoms with E-state index < -0.39 is 0 Å². The highest BCUT2D eigenvalue weighted by Crippen LogP contribution is 2.31. The van der Waals surface area contributed by atoms with Gasteiger partial charge in [-0.2, -0.15) is 0 Å². The van der Waals surface area contributed by atoms with Gasteiger partial charge < -0.3 is 4.42 Å². The quantitative estimate of drug-likeness (QED) is 0.668. The Hall–Kier alpha value is -1.71. The van der Waals surface area contributed by atoms with Crippen LogP contribution >= 0.6 is 23.2 Å². The van der Waals surface area contributed by atoms with Crippen LogP contribution in [0.1, 0.15) is 16.5 Å². The third-order valence-corrected chi connectivity index (χ3v) is 4.03. The maximum absolute atomic E-state index is 11.5. The standard InChI is InChI=1S/C15H11Cl2NO2/c1-18-12-7-4-10(8-13(12)20-15(18)19)14(17)9-2-5-11(16)6-3-9/h2-8,14H,1H3. The Morgan fingerprint density at radius 1 is 1.10 bits per heavy atom. The number of hydrogen-bond donors (Lipinski definition) is 0. The molecule has 0 aliphatic carbocycles. The van der Waals surface area contributed by atoms with Gasteiger partial charge in [0.25, 0.3) is 0 Å². The summed E-state index contributed by atoms with van der Waals surface area (Å²) >= 11 is 12.3. The fraction of sp³-hybridized carbons (Fsp3) is 0.133. The van der Waals surface area contributed by atoms with E-state index in [2.05, 4.69) is 0 Å². The number of aryl methyl sites for hydroxylation is 1. The van der Waals surface area contributed by atoms with E-state index in [1.54, 1.807) is 25.2 Å². The van der Waals surface area contributed by atoms with Gasteiger partial charge in [-0.1, -0.05) is 29.8 Å². The lowest BCUT2D eigenvalue weighted by atomic mass is 10.0. The maximum Gasteiger partial charge on any atom is 0.419 e. The maximum atomic E-state index is 11.5. The minimum absolute atomic E-state index is 0.317. The molecule has 1 aromatic heterocycles. The van der Waals surface area contributed by atoms with Crippen molar-refractivity contribution in [1.82, 2.24) is 4.57 Å². The molecule has 0 amide bonds. The van der Waals surface area contributed by atoms with Gasteiger partial charge in [0, 0.05) is 12.1 Å². The molecule has 0 N–H and O–H groups in total. The zero-order valence-electron chi connectivity index (χ0n) is 10.6. The highest BCUT2D eigenvalue weighted by atomic mass is 35.5. The molecule has 1 atom stereocenters. The van der Waals surface area contributed by atoms with Crippen LogP contribution in [0.15, 0.2) is 51.7 Å². The van der Waals surface area contributed by atoms with Crippen LogP contribution in [0.25, 0.3) is 11.1 Å². The first-order valence-electron chi connectivity index (χ1n) is 6.05. The van der Waals surface area contributed by atoms with Crippen molar-refractivity contribution in [3.63, 3.8) is 0 Å². The first-order valence-corrected chi connectivity index (χ1v) is 6.87. The second-order valence-electron chi connectivity index (χ2n) is 4.57. The van der Waals surface area contributed by atoms with Crippen LogP contribution in [0.4, 0.5) is 0 Å². The third kappa shape index (κ3) is 2.23. The molecule has 20 heavy (non-hydrogen) atoms. The smallest absolute Gasteiger partial charge is 0.408 e. The predicted molar refractivity (Wildman–Crippen MR) is 80.6 cm³/mol. The number of halogens is 2. The summed E-state index contributed by atoms with van der Waals surface area (Å²) in [5.41, 5.74) is 3.10. The van der Waals surface area contributed by atoms with Gasteiger partial charge >= 0.3 is 5.76 Å². The molecule has 3 nitrogen and oxygen atoms in total. The number of aromatic nitrogens is 1. The molecule has 102 valence electrons. The number of hydrogen-bond acceptors (Lipinski definition) is 2. The van der Waals surface area contributed by atoms with Crippen molar-refractivity contribution >= 4 is 34.3 Å². The van der Waals surface area contributed by atoms with E-state index in [4.69, 9.17) is 27.6 Å². The summed E-state index contributed by atoms with van der Waals surface area (Å²) in [4.78, 5) is 11.5. The molecular formula is C15H11Cl2NO2. The summed E-state index contributed by atoms with van der Waals surface area (Å²) in [6.07, 6.45) is 0. The molecule has 0 bridgehead atoms. The number of benzene rings is 2. The van der Waals surface area contributed by atoms with Crippen LogP contribution in [0.3, 0.4) is 0 Å². The summed E-state index contributed by atoms with van der Waals surface area (Å²) in [7, 11) is 1.67. The molecule has 0 saturated carbocycles. The van der Waals surface area contributed by atoms with Gasteiger partial charge in [-0.25, -0.2) is 4.79 Å². The van der Waals surface area contributed by atoms with E-state index in [0.29, 0.717) is 10.6 Å². The first-order chi connectivity index (χ1) is 9.56. The molecule has 1 unspecified atom stereocenters. The summed E-state index contributed by atoms with van der Waals surface area (Å²) in [5.74, 6) is -0.380. The number of nitrogens with zero attached hydrogens (tertiary/aromatic N) is 1. The first kappa shape index (κ1) is 13.3. The Bertz CT molecular complexity index is 818. The predicted octanol–water partition coefficient (Wildman–Crippen LogP) is 4.11. The Morgan fingerprint density at radius 3 is 2.45 bits per heavy atom. The van der Waals surface area contributed by atoms with Gasteiger partial charge in [0.1, 0.15) is 0 Å². The molecule has 1 heterocycles. The SMILES string of the molecule is Cn1c(=O)oc2cc(C(Cl)c3ccc(Cl)cc3)ccc21. The third-order valence-electron chi connectivity index (χ3n) is 3.27. The molecule has 5 heteroatoms. The molecule has 2 aromatic carbocycles. The Kier molecular flexibility index (Phi) is 3.32. The van der Waals surface area contributed by atoms with E-state index in [-0.39, 0.29) is 11.1 Å². The molecule has 0 spiro atoms. The second kappa shape index (κ2) is 5.00. The van der Waals surface area contributed by atoms with Crippen LogP contribution in [0, 0.1) is 0 Å². The fourth-order valence-corrected chi connectivity index (χ4v) is 2.54. The molecule has 0 saturated heterocycles. The van der Waals surface area contributed by atoms with Crippen molar-refractivity contribution in [2.75, 3.05) is 0 Å². The zero-order valence-corrected chi connectivity index (χ0v) is 12.2. The summed E-state index contributed by atoms with van der Waals surface area (Å²) in [6, 6.07) is 12.9. The molecule has 0 aliphatic rings. The summed E-state index contributed by atoms with van der Waals surface area (Å²) < 4.78 is 6.64. The Balaban J connectivity index is 2.05. The number of rotatable bonds is 2. The monoisotopic (exact) mass is 307 g/mol. The Labute approximate surface area is 125 Å². The van der Waals surface area contributed by atoms with Crippen LogP contribution in [-0.2, 0) is 7.05 Å². The lowest BCUT2D eigenvalue weighted by Gasteiger charge is -2.10. The number of alkyl halides is 1. The van der Waals surface area contributed by atoms with Crippen molar-refractivity contribution < 1.29 is 4.42 Å². The minimum Gasteiger partial charge on any atom is -0.408 e. The molecule has 3 aromatic rings. The Morgan fingerprint density at radius 2 is 1.75 bits per heavy atom. The summed E-state index contributed by atoms with van der Waals surface area (Å²) in [6.45, 7) is 0. The molecule has 0 radical (unpaired) electrons. The van der Waals surface area contributed by atoms with Crippen molar-refractivity contribution in [2.45, 2.75) is 5.38 Å². The molecule has 0 fully saturated rings. The highest BCUT2D eigenvalue weighted by Gasteiger charge is 2.13. The van der Waals surface area contributed by atoms with E-state index >= 15 is 0 Å². The van der Waals surface area contributed by atoms with E-state index in [1.165, 1.54) is 4.57 Å². The van der Waals surface area contributed by atoms with Gasteiger partial charge in [0.05, 0.1) is 10.9 Å². The van der Waals surface area contributed by atoms with Gasteiger partial charge in [-0.05, 0) is 35.4 Å². The van der Waals surface area contributed by atoms with Gasteiger partial charge in [0.2, 0.25) is 0 Å². The topological polar surface area (TPSA) is 35.1 Å². The highest BCUT2D eigenvalue weighted by molar-refractivity contribution is 6.30. The van der Waals surface area contributed by atoms with Crippen LogP contribution in [0.2, 0.25) is 5.02 Å². The lowest BCUT2D eigenvalue weighted by molar-refractivity contribution is 0.528. The minimum atomic E-state index is -0.380. The van der Waals surface area contributed by atoms with Crippen molar-refractivity contribution in [3.05, 3.63) is 69.2 Å². The molecule has 0 aliphatic heterocycles. The second-order valence-corrected chi connectivity index (χ2v) is 5.44. The van der Waals surface area contributed by atoms with Crippen LogP contribution in [-0.4, -0.2) is 4.57 Å². The summed E-state index contributed by atoms with van der Waals surface area (Å²) in [5, 5.41) is 0.351. The average molecular weight is 308 g/mol. The van der Waals surface area contributed by atoms with Gasteiger partial charge in [-0.3, -0.25) is 4.57 Å². The zero-order chi connectivity index (χ0) is 14.3. The average Bonchev–Trinajstić information content (AvgIpc) is 2.74. The van der Waals surface area contributed by atoms with Gasteiger partial charge in [0.15, 0.2) is 5.58 Å². The largest absolute Gasteiger partial charge is 0.419 e. The van der Waals surface area contributed by atoms with Crippen LogP contribution < -0.4 is 5.76 Å². The number of oxazole rings is 1. The van der Waals surface area contributed by atoms with Crippen molar-refractivity contribution in [1.29, 1.82) is 0 Å². The molecular weight excluding hydrogens is 297 g/mol. The van der Waals surface area contributed by atoms with Crippen molar-refractivity contribution in [2.24, 2.45) is 7.05 Å². The van der Waals surface area contributed by atoms with E-state index in [1.807, 2.05) is 24.3 Å². The van der Waals surface area contributed by atoms with Gasteiger partial charge in [-0.15, -0.1) is 11.6 Å². The molecule has 3 rings (SSSR count). The van der Waals surface area contributed by atoms with E-state index in [9.17, 15) is 4.79 Å². The van der Waals surface area contributed by atoms with Crippen molar-refractivity contribution in [3.8, 4) is 0 Å². The fourth-order valence-electron chi connectivity index (χ4n) is 2.13. The normalized spacial score (nSPS) is 12.8.